The maximum atomic E-state index is 13.0. The van der Waals surface area contributed by atoms with E-state index in [1.165, 1.54) is 18.9 Å². The molecule has 0 N–H and O–H groups in total. The van der Waals surface area contributed by atoms with E-state index < -0.39 is 10.0 Å². The number of piperazine rings is 1. The Hall–Kier alpha value is -1.74. The van der Waals surface area contributed by atoms with Crippen molar-refractivity contribution >= 4 is 21.6 Å². The Kier molecular flexibility index (Phi) is 4.98. The number of fused-ring (bicyclic) bond motifs is 1. The Morgan fingerprint density at radius 3 is 2.69 bits per heavy atom. The van der Waals surface area contributed by atoms with Gasteiger partial charge in [-0.2, -0.15) is 4.31 Å². The first kappa shape index (κ1) is 19.2. The van der Waals surface area contributed by atoms with Crippen LogP contribution in [0.5, 0.6) is 5.88 Å². The molecular formula is C20H23ClN4O3S. The third-order valence-corrected chi connectivity index (χ3v) is 8.00. The van der Waals surface area contributed by atoms with Crippen LogP contribution < -0.4 is 4.74 Å². The summed E-state index contributed by atoms with van der Waals surface area (Å²) in [6.45, 7) is 2.40. The van der Waals surface area contributed by atoms with Gasteiger partial charge in [0, 0.05) is 49.6 Å². The Morgan fingerprint density at radius 1 is 1.10 bits per heavy atom. The summed E-state index contributed by atoms with van der Waals surface area (Å²) in [6.07, 6.45) is 6.68. The molecule has 2 aliphatic heterocycles. The molecule has 5 rings (SSSR count). The molecule has 9 heteroatoms. The molecule has 29 heavy (non-hydrogen) atoms. The summed E-state index contributed by atoms with van der Waals surface area (Å²) in [4.78, 5) is 11.4. The van der Waals surface area contributed by atoms with Crippen molar-refractivity contribution in [3.63, 3.8) is 0 Å². The Morgan fingerprint density at radius 2 is 1.97 bits per heavy atom. The smallest absolute Gasteiger partial charge is 0.243 e. The van der Waals surface area contributed by atoms with Gasteiger partial charge >= 0.3 is 0 Å². The monoisotopic (exact) mass is 434 g/mol. The van der Waals surface area contributed by atoms with E-state index >= 15 is 0 Å². The van der Waals surface area contributed by atoms with E-state index in [0.29, 0.717) is 36.5 Å². The fraction of sp³-hybridized carbons (Fsp3) is 0.500. The van der Waals surface area contributed by atoms with Crippen molar-refractivity contribution in [3.05, 3.63) is 47.4 Å². The number of ether oxygens (including phenoxy) is 1. The molecule has 3 heterocycles. The second-order valence-electron chi connectivity index (χ2n) is 8.00. The topological polar surface area (TPSA) is 75.6 Å². The molecule has 2 aromatic rings. The first-order chi connectivity index (χ1) is 14.0. The summed E-state index contributed by atoms with van der Waals surface area (Å²) in [5.41, 5.74) is 1.04. The Bertz CT molecular complexity index is 997. The number of aromatic nitrogens is 2. The average molecular weight is 435 g/mol. The van der Waals surface area contributed by atoms with Gasteiger partial charge in [0.05, 0.1) is 23.0 Å². The fourth-order valence-electron chi connectivity index (χ4n) is 4.20. The third-order valence-electron chi connectivity index (χ3n) is 5.91. The van der Waals surface area contributed by atoms with Crippen LogP contribution in [0.1, 0.15) is 30.9 Å². The van der Waals surface area contributed by atoms with Crippen LogP contribution in [0.3, 0.4) is 0 Å². The summed E-state index contributed by atoms with van der Waals surface area (Å²) in [5.74, 6) is 1.12. The molecule has 1 aliphatic carbocycles. The summed E-state index contributed by atoms with van der Waals surface area (Å²) in [7, 11) is -3.55. The van der Waals surface area contributed by atoms with Gasteiger partial charge < -0.3 is 4.74 Å². The first-order valence-electron chi connectivity index (χ1n) is 9.97. The largest absolute Gasteiger partial charge is 0.472 e. The van der Waals surface area contributed by atoms with E-state index in [2.05, 4.69) is 14.9 Å². The first-order valence-corrected chi connectivity index (χ1v) is 11.8. The maximum absolute atomic E-state index is 13.0. The van der Waals surface area contributed by atoms with Gasteiger partial charge in [-0.3, -0.25) is 9.88 Å². The minimum absolute atomic E-state index is 0.00472. The van der Waals surface area contributed by atoms with Gasteiger partial charge in [-0.05, 0) is 31.0 Å². The van der Waals surface area contributed by atoms with Crippen LogP contribution in [-0.2, 0) is 10.0 Å². The van der Waals surface area contributed by atoms with Crippen LogP contribution in [0.15, 0.2) is 41.6 Å². The van der Waals surface area contributed by atoms with Gasteiger partial charge in [0.1, 0.15) is 6.10 Å². The molecule has 0 amide bonds. The fourth-order valence-corrected chi connectivity index (χ4v) is 5.97. The number of benzene rings is 1. The quantitative estimate of drug-likeness (QED) is 0.719. The van der Waals surface area contributed by atoms with Crippen LogP contribution in [0, 0.1) is 0 Å². The minimum atomic E-state index is -3.55. The van der Waals surface area contributed by atoms with E-state index in [1.807, 2.05) is 6.20 Å². The van der Waals surface area contributed by atoms with Crippen LogP contribution in [0.4, 0.5) is 0 Å². The van der Waals surface area contributed by atoms with Gasteiger partial charge in [-0.1, -0.05) is 17.7 Å². The molecule has 3 aliphatic rings. The number of halogens is 1. The average Bonchev–Trinajstić information content (AvgIpc) is 3.48. The SMILES string of the molecule is O=S(=O)(c1cccc(Cl)c1)N1CCN2C[C@H](Oc3cnc(C4CC4)cn3)C[C@H]2C1. The lowest BCUT2D eigenvalue weighted by atomic mass is 10.2. The maximum Gasteiger partial charge on any atom is 0.243 e. The number of hydrogen-bond donors (Lipinski definition) is 0. The van der Waals surface area contributed by atoms with Crippen LogP contribution in [-0.4, -0.2) is 65.9 Å². The van der Waals surface area contributed by atoms with Gasteiger partial charge in [0.2, 0.25) is 15.9 Å². The highest BCUT2D eigenvalue weighted by Crippen LogP contribution is 2.38. The van der Waals surface area contributed by atoms with Gasteiger partial charge in [-0.15, -0.1) is 0 Å². The molecule has 7 nitrogen and oxygen atoms in total. The highest BCUT2D eigenvalue weighted by atomic mass is 35.5. The predicted molar refractivity (Wildman–Crippen MR) is 109 cm³/mol. The molecule has 2 atom stereocenters. The molecular weight excluding hydrogens is 412 g/mol. The van der Waals surface area contributed by atoms with Crippen molar-refractivity contribution in [2.75, 3.05) is 26.2 Å². The molecule has 2 saturated heterocycles. The van der Waals surface area contributed by atoms with E-state index in [4.69, 9.17) is 16.3 Å². The van der Waals surface area contributed by atoms with E-state index in [-0.39, 0.29) is 17.0 Å². The molecule has 0 bridgehead atoms. The predicted octanol–water partition coefficient (Wildman–Crippen LogP) is 2.53. The molecule has 1 aromatic heterocycles. The van der Waals surface area contributed by atoms with Crippen molar-refractivity contribution < 1.29 is 13.2 Å². The normalized spacial score (nSPS) is 25.7. The number of rotatable bonds is 5. The van der Waals surface area contributed by atoms with Crippen molar-refractivity contribution in [2.45, 2.75) is 42.2 Å². The molecule has 3 fully saturated rings. The van der Waals surface area contributed by atoms with Crippen molar-refractivity contribution in [1.82, 2.24) is 19.2 Å². The summed E-state index contributed by atoms with van der Waals surface area (Å²) in [6, 6.07) is 6.59. The Balaban J connectivity index is 1.23. The van der Waals surface area contributed by atoms with Crippen LogP contribution in [0.25, 0.3) is 0 Å². The summed E-state index contributed by atoms with van der Waals surface area (Å²) >= 11 is 5.99. The molecule has 1 aromatic carbocycles. The molecule has 0 radical (unpaired) electrons. The van der Waals surface area contributed by atoms with Crippen molar-refractivity contribution in [1.29, 1.82) is 0 Å². The zero-order valence-electron chi connectivity index (χ0n) is 15.9. The molecule has 0 spiro atoms. The van der Waals surface area contributed by atoms with Gasteiger partial charge in [0.25, 0.3) is 0 Å². The van der Waals surface area contributed by atoms with E-state index in [0.717, 1.165) is 18.7 Å². The lowest BCUT2D eigenvalue weighted by Crippen LogP contribution is -2.51. The van der Waals surface area contributed by atoms with E-state index in [1.54, 1.807) is 28.7 Å². The second kappa shape index (κ2) is 7.50. The Labute approximate surface area is 175 Å². The number of sulfonamides is 1. The lowest BCUT2D eigenvalue weighted by Gasteiger charge is -2.36. The minimum Gasteiger partial charge on any atom is -0.472 e. The van der Waals surface area contributed by atoms with Crippen LogP contribution >= 0.6 is 11.6 Å². The van der Waals surface area contributed by atoms with Crippen LogP contribution in [0.2, 0.25) is 5.02 Å². The summed E-state index contributed by atoms with van der Waals surface area (Å²) < 4.78 is 33.6. The zero-order chi connectivity index (χ0) is 20.0. The summed E-state index contributed by atoms with van der Waals surface area (Å²) in [5, 5.41) is 0.424. The van der Waals surface area contributed by atoms with Crippen molar-refractivity contribution in [2.24, 2.45) is 0 Å². The standard InChI is InChI=1S/C20H23ClN4O3S/c21-15-2-1-3-18(8-15)29(26,27)25-7-6-24-13-17(9-16(24)12-25)28-20-11-22-19(10-23-20)14-4-5-14/h1-3,8,10-11,14,16-17H,4-7,9,12-13H2/t16-,17+/m0/s1. The molecule has 0 unspecified atom stereocenters. The lowest BCUT2D eigenvalue weighted by molar-refractivity contribution is 0.151. The third kappa shape index (κ3) is 3.99. The van der Waals surface area contributed by atoms with Gasteiger partial charge in [0.15, 0.2) is 0 Å². The number of nitrogens with zero attached hydrogens (tertiary/aromatic N) is 4. The van der Waals surface area contributed by atoms with Gasteiger partial charge in [-0.25, -0.2) is 13.4 Å². The zero-order valence-corrected chi connectivity index (χ0v) is 17.5. The van der Waals surface area contributed by atoms with E-state index in [9.17, 15) is 8.42 Å². The molecule has 154 valence electrons. The second-order valence-corrected chi connectivity index (χ2v) is 10.4. The highest BCUT2D eigenvalue weighted by molar-refractivity contribution is 7.89. The molecule has 1 saturated carbocycles. The van der Waals surface area contributed by atoms with Crippen molar-refractivity contribution in [3.8, 4) is 5.88 Å². The highest BCUT2D eigenvalue weighted by Gasteiger charge is 2.41. The number of hydrogen-bond acceptors (Lipinski definition) is 6.